The number of fused-ring (bicyclic) bond motifs is 3. The van der Waals surface area contributed by atoms with E-state index in [0.717, 1.165) is 5.75 Å². The smallest absolute Gasteiger partial charge is 0.485 e. The Bertz CT molecular complexity index is 514. The average Bonchev–Trinajstić information content (AvgIpc) is 2.65. The molecule has 2 heteroatoms. The van der Waals surface area contributed by atoms with Crippen molar-refractivity contribution < 1.29 is 26.5 Å². The van der Waals surface area contributed by atoms with E-state index in [0.29, 0.717) is 0 Å². The molecule has 0 saturated carbocycles. The molecule has 1 unspecified atom stereocenters. The second-order valence-electron chi connectivity index (χ2n) is 3.50. The van der Waals surface area contributed by atoms with Gasteiger partial charge >= 0.3 is 21.7 Å². The van der Waals surface area contributed by atoms with Crippen LogP contribution in [-0.4, -0.2) is 6.10 Å². The Kier molecular flexibility index (Phi) is 5.24. The van der Waals surface area contributed by atoms with Gasteiger partial charge in [0.15, 0.2) is 0 Å². The average molecular weight is 248 g/mol. The van der Waals surface area contributed by atoms with Crippen molar-refractivity contribution in [3.63, 3.8) is 0 Å². The van der Waals surface area contributed by atoms with Gasteiger partial charge in [-0.3, -0.25) is 0 Å². The van der Waals surface area contributed by atoms with Crippen LogP contribution >= 0.6 is 0 Å². The molecule has 1 aliphatic carbocycles. The molecule has 2 aliphatic rings. The summed E-state index contributed by atoms with van der Waals surface area (Å²) in [4.78, 5) is 0. The van der Waals surface area contributed by atoms with Crippen LogP contribution in [0.3, 0.4) is 0 Å². The molecule has 0 saturated heterocycles. The third-order valence-electron chi connectivity index (χ3n) is 2.52. The summed E-state index contributed by atoms with van der Waals surface area (Å²) in [6, 6.07) is 4.27. The van der Waals surface area contributed by atoms with Crippen LogP contribution in [0.2, 0.25) is 0 Å². The number of benzene rings is 1. The van der Waals surface area contributed by atoms with E-state index >= 15 is 0 Å². The van der Waals surface area contributed by atoms with Gasteiger partial charge < -0.3 is 19.6 Å². The van der Waals surface area contributed by atoms with E-state index in [4.69, 9.17) is 4.74 Å². The van der Waals surface area contributed by atoms with Gasteiger partial charge in [0.25, 0.3) is 0 Å². The third-order valence-corrected chi connectivity index (χ3v) is 2.52. The molecular weight excluding hydrogens is 232 g/mol. The Morgan fingerprint density at radius 3 is 2.56 bits per heavy atom. The van der Waals surface area contributed by atoms with Crippen LogP contribution in [0.5, 0.6) is 5.75 Å². The maximum atomic E-state index is 5.72. The minimum absolute atomic E-state index is 0. The van der Waals surface area contributed by atoms with Crippen molar-refractivity contribution in [3.05, 3.63) is 49.1 Å². The second kappa shape index (κ2) is 5.52. The van der Waals surface area contributed by atoms with Crippen molar-refractivity contribution in [3.8, 4) is 5.75 Å². The van der Waals surface area contributed by atoms with Crippen LogP contribution in [0.25, 0.3) is 18.2 Å². The molecule has 16 heavy (non-hydrogen) atoms. The van der Waals surface area contributed by atoms with Crippen molar-refractivity contribution >= 4 is 18.2 Å². The van der Waals surface area contributed by atoms with E-state index in [1.807, 2.05) is 0 Å². The van der Waals surface area contributed by atoms with E-state index in [9.17, 15) is 0 Å². The summed E-state index contributed by atoms with van der Waals surface area (Å²) in [5.74, 6) is 1.05. The summed E-state index contributed by atoms with van der Waals surface area (Å²) in [6.45, 7) is 2.06. The zero-order valence-electron chi connectivity index (χ0n) is 9.95. The largest absolute Gasteiger partial charge is 2.00 e. The fourth-order valence-corrected chi connectivity index (χ4v) is 1.93. The van der Waals surface area contributed by atoms with E-state index in [2.05, 4.69) is 43.4 Å². The summed E-state index contributed by atoms with van der Waals surface area (Å²) in [5, 5.41) is 2.49. The van der Waals surface area contributed by atoms with Crippen LogP contribution in [0, 0.1) is 14.9 Å². The van der Waals surface area contributed by atoms with Crippen LogP contribution in [0.1, 0.15) is 12.5 Å². The van der Waals surface area contributed by atoms with Gasteiger partial charge in [-0.1, -0.05) is 30.4 Å². The molecule has 0 amide bonds. The molecule has 0 radical (unpaired) electrons. The van der Waals surface area contributed by atoms with E-state index in [-0.39, 0.29) is 42.7 Å². The van der Waals surface area contributed by atoms with Gasteiger partial charge in [-0.25, -0.2) is 0 Å². The van der Waals surface area contributed by atoms with Gasteiger partial charge in [-0.05, 0) is 18.2 Å². The topological polar surface area (TPSA) is 9.23 Å². The Labute approximate surface area is 112 Å². The third kappa shape index (κ3) is 2.16. The Balaban J connectivity index is 0.000000750. The Hall–Kier alpha value is -0.786. The molecule has 0 spiro atoms. The normalized spacial score (nSPS) is 17.4. The van der Waals surface area contributed by atoms with Crippen LogP contribution in [0.15, 0.2) is 18.2 Å². The fourth-order valence-electron chi connectivity index (χ4n) is 1.93. The number of ether oxygens (including phenoxy) is 1. The van der Waals surface area contributed by atoms with Crippen molar-refractivity contribution in [1.29, 1.82) is 0 Å². The first kappa shape index (κ1) is 15.2. The summed E-state index contributed by atoms with van der Waals surface area (Å²) in [5.41, 5.74) is 1.23. The summed E-state index contributed by atoms with van der Waals surface area (Å²) >= 11 is 0. The van der Waals surface area contributed by atoms with Crippen molar-refractivity contribution in [2.45, 2.75) is 13.0 Å². The maximum Gasteiger partial charge on any atom is 2.00 e. The number of allylic oxidation sites excluding steroid dienone is 1. The first-order chi connectivity index (χ1) is 6.34. The van der Waals surface area contributed by atoms with Crippen molar-refractivity contribution in [2.24, 2.45) is 0 Å². The SMILES string of the molecule is CC1C=c2ccc3c(c2O1)C=CC=3.[CH3-].[CH3-].[Ti+2]. The quantitative estimate of drug-likeness (QED) is 0.503. The van der Waals surface area contributed by atoms with Crippen LogP contribution in [0.4, 0.5) is 0 Å². The maximum absolute atomic E-state index is 5.72. The molecule has 1 nitrogen and oxygen atoms in total. The molecule has 0 fully saturated rings. The predicted octanol–water partition coefficient (Wildman–Crippen LogP) is 1.95. The standard InChI is InChI=1S/C12H10O.2CH3.Ti/c1-8-7-10-6-5-9-3-2-4-11(9)12(10)13-8;;;/h2-8H,1H3;2*1H3;/q;2*-1;+2. The van der Waals surface area contributed by atoms with Gasteiger partial charge in [-0.2, -0.15) is 0 Å². The Morgan fingerprint density at radius 2 is 1.81 bits per heavy atom. The molecule has 0 aromatic heterocycles. The molecule has 3 rings (SSSR count). The molecule has 0 N–H and O–H groups in total. The zero-order chi connectivity index (χ0) is 8.84. The zero-order valence-corrected chi connectivity index (χ0v) is 11.5. The predicted molar refractivity (Wildman–Crippen MR) is 66.6 cm³/mol. The first-order valence-corrected chi connectivity index (χ1v) is 4.54. The van der Waals surface area contributed by atoms with Crippen LogP contribution in [-0.2, 0) is 21.7 Å². The molecule has 1 aromatic rings. The summed E-state index contributed by atoms with van der Waals surface area (Å²) < 4.78 is 5.72. The molecule has 1 heterocycles. The summed E-state index contributed by atoms with van der Waals surface area (Å²) in [7, 11) is 0. The van der Waals surface area contributed by atoms with E-state index in [1.54, 1.807) is 0 Å². The van der Waals surface area contributed by atoms with Gasteiger partial charge in [0.2, 0.25) is 0 Å². The minimum Gasteiger partial charge on any atom is -0.485 e. The molecule has 0 bridgehead atoms. The van der Waals surface area contributed by atoms with Gasteiger partial charge in [-0.15, -0.1) is 0 Å². The van der Waals surface area contributed by atoms with Gasteiger partial charge in [0, 0.05) is 10.8 Å². The van der Waals surface area contributed by atoms with E-state index < -0.39 is 0 Å². The Morgan fingerprint density at radius 1 is 1.12 bits per heavy atom. The van der Waals surface area contributed by atoms with Gasteiger partial charge in [0.1, 0.15) is 11.9 Å². The van der Waals surface area contributed by atoms with Crippen LogP contribution < -0.4 is 15.2 Å². The second-order valence-corrected chi connectivity index (χ2v) is 3.50. The van der Waals surface area contributed by atoms with Crippen molar-refractivity contribution in [1.82, 2.24) is 0 Å². The number of hydrogen-bond donors (Lipinski definition) is 0. The monoisotopic (exact) mass is 248 g/mol. The minimum atomic E-state index is 0. The molecule has 82 valence electrons. The number of hydrogen-bond acceptors (Lipinski definition) is 1. The van der Waals surface area contributed by atoms with E-state index in [1.165, 1.54) is 16.0 Å². The number of rotatable bonds is 0. The molecule has 1 aliphatic heterocycles. The molecular formula is C14H16OTi. The molecule has 1 aromatic carbocycles. The van der Waals surface area contributed by atoms with Gasteiger partial charge in [0.05, 0.1) is 0 Å². The molecule has 1 atom stereocenters. The summed E-state index contributed by atoms with van der Waals surface area (Å²) in [6.07, 6.45) is 8.66. The first-order valence-electron chi connectivity index (χ1n) is 4.54. The van der Waals surface area contributed by atoms with Crippen molar-refractivity contribution in [2.75, 3.05) is 0 Å². The fraction of sp³-hybridized carbons (Fsp3) is 0.143.